The first-order valence-corrected chi connectivity index (χ1v) is 33.3. The molecule has 2 aromatic heterocycles. The fraction of sp³-hybridized carbons (Fsp3) is 0.529. The number of carbonyl (C=O) groups is 1. The molecule has 0 spiro atoms. The highest BCUT2D eigenvalue weighted by atomic mass is 35.5. The zero-order valence-electron chi connectivity index (χ0n) is 52.4. The number of benzene rings is 2. The predicted molar refractivity (Wildman–Crippen MR) is 340 cm³/mol. The lowest BCUT2D eigenvalue weighted by Crippen LogP contribution is -2.69. The largest absolute Gasteiger partial charge is 0.458 e. The van der Waals surface area contributed by atoms with Gasteiger partial charge in [0.25, 0.3) is 8.32 Å². The van der Waals surface area contributed by atoms with Gasteiger partial charge in [0.15, 0.2) is 11.7 Å². The summed E-state index contributed by atoms with van der Waals surface area (Å²) in [4.78, 5) is 23.4. The van der Waals surface area contributed by atoms with E-state index in [2.05, 4.69) is 109 Å². The van der Waals surface area contributed by atoms with Gasteiger partial charge in [-0.05, 0) is 85.5 Å². The normalized spacial score (nSPS) is 31.4. The molecule has 15 nitrogen and oxygen atoms in total. The van der Waals surface area contributed by atoms with Crippen molar-refractivity contribution in [3.05, 3.63) is 168 Å². The van der Waals surface area contributed by atoms with E-state index in [1.807, 2.05) is 55.5 Å². The van der Waals surface area contributed by atoms with Crippen molar-refractivity contribution < 1.29 is 61.1 Å². The summed E-state index contributed by atoms with van der Waals surface area (Å²) in [6.07, 6.45) is 21.8. The number of fused-ring (bicyclic) bond motifs is 9. The van der Waals surface area contributed by atoms with Crippen LogP contribution in [0, 0.1) is 11.8 Å². The Bertz CT molecular complexity index is 3030. The van der Waals surface area contributed by atoms with Crippen LogP contribution in [-0.4, -0.2) is 124 Å². The first-order chi connectivity index (χ1) is 41.8. The Kier molecular flexibility index (Phi) is 22.8. The van der Waals surface area contributed by atoms with Crippen molar-refractivity contribution >= 4 is 48.4 Å². The third-order valence-electron chi connectivity index (χ3n) is 17.9. The van der Waals surface area contributed by atoms with E-state index in [0.717, 1.165) is 27.1 Å². The van der Waals surface area contributed by atoms with E-state index < -0.39 is 56.7 Å². The van der Waals surface area contributed by atoms with Gasteiger partial charge in [0, 0.05) is 70.5 Å². The van der Waals surface area contributed by atoms with Crippen molar-refractivity contribution in [2.45, 2.75) is 203 Å². The smallest absolute Gasteiger partial charge is 0.330 e. The molecule has 87 heavy (non-hydrogen) atoms. The number of carbonyl (C=O) groups excluding carboxylic acids is 1. The molecule has 0 amide bonds. The van der Waals surface area contributed by atoms with Gasteiger partial charge >= 0.3 is 5.97 Å². The monoisotopic (exact) mass is 1230 g/mol. The second-order valence-corrected chi connectivity index (χ2v) is 29.9. The summed E-state index contributed by atoms with van der Waals surface area (Å²) in [5, 5.41) is 12.9. The van der Waals surface area contributed by atoms with Gasteiger partial charge in [-0.1, -0.05) is 161 Å². The number of methoxy groups -OCH3 is 3. The summed E-state index contributed by atoms with van der Waals surface area (Å²) in [6, 6.07) is 21.2. The molecule has 0 aliphatic carbocycles. The summed E-state index contributed by atoms with van der Waals surface area (Å²) in [6.45, 7) is 19.3. The summed E-state index contributed by atoms with van der Waals surface area (Å²) in [5.74, 6) is -0.750. The molecule has 2 aromatic carbocycles. The van der Waals surface area contributed by atoms with Crippen molar-refractivity contribution in [3.8, 4) is 0 Å². The molecule has 4 aromatic rings. The zero-order valence-corrected chi connectivity index (χ0v) is 54.1. The molecule has 470 valence electrons. The molecule has 15 unspecified atom stereocenters. The van der Waals surface area contributed by atoms with E-state index in [1.165, 1.54) is 11.6 Å². The molecular formula is C70H91ClN2O13Si. The number of oxazole rings is 2. The van der Waals surface area contributed by atoms with Crippen LogP contribution in [0.2, 0.25) is 5.04 Å². The Morgan fingerprint density at radius 3 is 2.32 bits per heavy atom. The van der Waals surface area contributed by atoms with Gasteiger partial charge in [-0.2, -0.15) is 0 Å². The van der Waals surface area contributed by atoms with Gasteiger partial charge in [0.05, 0.1) is 73.7 Å². The topological polar surface area (TPSA) is 172 Å². The van der Waals surface area contributed by atoms with E-state index in [1.54, 1.807) is 33.8 Å². The summed E-state index contributed by atoms with van der Waals surface area (Å²) in [5.41, 5.74) is 5.06. The summed E-state index contributed by atoms with van der Waals surface area (Å²) in [7, 11) is 1.90. The number of aliphatic hydroxyl groups excluding tert-OH is 1. The van der Waals surface area contributed by atoms with E-state index in [0.29, 0.717) is 87.4 Å². The van der Waals surface area contributed by atoms with Crippen LogP contribution in [0.3, 0.4) is 0 Å². The third kappa shape index (κ3) is 16.5. The maximum atomic E-state index is 13.8. The number of hydrogen-bond donors (Lipinski definition) is 1. The van der Waals surface area contributed by atoms with E-state index in [9.17, 15) is 9.90 Å². The number of nitrogens with zero attached hydrogens (tertiary/aromatic N) is 2. The van der Waals surface area contributed by atoms with Crippen LogP contribution in [0.5, 0.6) is 0 Å². The lowest BCUT2D eigenvalue weighted by Gasteiger charge is -2.49. The number of hydrogen-bond acceptors (Lipinski definition) is 15. The van der Waals surface area contributed by atoms with Gasteiger partial charge < -0.3 is 56.3 Å². The second kappa shape index (κ2) is 30.0. The Balaban J connectivity index is 0.988. The average molecular weight is 1230 g/mol. The number of aliphatic hydroxyl groups is 1. The van der Waals surface area contributed by atoms with E-state index in [4.69, 9.17) is 72.7 Å². The molecule has 5 aliphatic rings. The van der Waals surface area contributed by atoms with Crippen LogP contribution in [-0.2, 0) is 53.5 Å². The van der Waals surface area contributed by atoms with Crippen LogP contribution in [0.15, 0.2) is 153 Å². The maximum Gasteiger partial charge on any atom is 0.330 e. The van der Waals surface area contributed by atoms with Gasteiger partial charge in [0.1, 0.15) is 29.9 Å². The van der Waals surface area contributed by atoms with E-state index in [-0.39, 0.29) is 59.9 Å². The molecule has 0 radical (unpaired) electrons. The van der Waals surface area contributed by atoms with Crippen molar-refractivity contribution in [3.63, 3.8) is 0 Å². The minimum absolute atomic E-state index is 0.132. The first kappa shape index (κ1) is 66.1. The fourth-order valence-corrected chi connectivity index (χ4v) is 18.3. The van der Waals surface area contributed by atoms with Gasteiger partial charge in [0.2, 0.25) is 5.89 Å². The molecule has 1 N–H and O–H groups in total. The average Bonchev–Trinajstić information content (AvgIpc) is 1.32. The lowest BCUT2D eigenvalue weighted by molar-refractivity contribution is -0.297. The number of halogens is 1. The Hall–Kier alpha value is -5.34. The third-order valence-corrected chi connectivity index (χ3v) is 23.1. The highest BCUT2D eigenvalue weighted by molar-refractivity contribution is 6.99. The van der Waals surface area contributed by atoms with Crippen LogP contribution in [0.4, 0.5) is 0 Å². The van der Waals surface area contributed by atoms with Crippen molar-refractivity contribution in [2.24, 2.45) is 11.8 Å². The molecule has 4 fully saturated rings. The fourth-order valence-electron chi connectivity index (χ4n) is 13.5. The van der Waals surface area contributed by atoms with Crippen molar-refractivity contribution in [1.82, 2.24) is 9.97 Å². The number of allylic oxidation sites excluding steroid dienone is 2. The number of aromatic nitrogens is 2. The molecular weight excluding hydrogens is 1140 g/mol. The highest BCUT2D eigenvalue weighted by Gasteiger charge is 2.54. The minimum Gasteiger partial charge on any atom is -0.458 e. The van der Waals surface area contributed by atoms with Crippen LogP contribution < -0.4 is 10.4 Å². The first-order valence-electron chi connectivity index (χ1n) is 30.9. The van der Waals surface area contributed by atoms with Crippen molar-refractivity contribution in [2.75, 3.05) is 21.3 Å². The maximum absolute atomic E-state index is 13.8. The van der Waals surface area contributed by atoms with Crippen LogP contribution in [0.1, 0.15) is 142 Å². The van der Waals surface area contributed by atoms with Crippen molar-refractivity contribution in [1.29, 1.82) is 0 Å². The van der Waals surface area contributed by atoms with Gasteiger partial charge in [-0.15, -0.1) is 0 Å². The molecule has 8 bridgehead atoms. The molecule has 9 rings (SSSR count). The minimum atomic E-state index is -3.17. The molecule has 5 aliphatic heterocycles. The number of ether oxygens (including phenoxy) is 8. The predicted octanol–water partition coefficient (Wildman–Crippen LogP) is 12.8. The number of esters is 1. The summed E-state index contributed by atoms with van der Waals surface area (Å²) >= 11 is 5.92. The van der Waals surface area contributed by atoms with E-state index >= 15 is 0 Å². The number of rotatable bonds is 17. The second-order valence-electron chi connectivity index (χ2n) is 25.4. The molecule has 15 atom stereocenters. The quantitative estimate of drug-likeness (QED) is 0.0458. The molecule has 7 heterocycles. The molecule has 4 saturated heterocycles. The van der Waals surface area contributed by atoms with Crippen LogP contribution >= 0.6 is 11.6 Å². The molecule has 0 saturated carbocycles. The Morgan fingerprint density at radius 2 is 1.63 bits per heavy atom. The highest BCUT2D eigenvalue weighted by Crippen LogP contribution is 2.43. The summed E-state index contributed by atoms with van der Waals surface area (Å²) < 4.78 is 72.8. The standard InChI is InChI=1S/C70H91ClN2O13Si/c1-45(30-31-51(76-9)22-20-32-71)35-63(86-87(69(6,7)8,57-23-14-12-15-24-57)58-25-16-13-17-26-58)62-40-55(77-10)41-70(78-11,85-62)42-65-72-43-56(82-65)36-47(3)67-49(5)68-48(4)60(83-67)27-19-28-64-73-59(44-79-64)61-38-50(74)37-54(81-61)39-53-34-46(2)33-52(80-53)21-18-29-66(75)84-68/h12-20,23-26,28-32,35-36,43-44,48-55,60-63,67-68,74H,2,21-22,27,33-34,37-42H2,1,3-11H3/b28-19-,29-18-,31-30+,32-20+,45-35+,47-36+. The van der Waals surface area contributed by atoms with Gasteiger partial charge in [-0.3, -0.25) is 0 Å². The Labute approximate surface area is 521 Å². The van der Waals surface area contributed by atoms with Crippen LogP contribution in [0.25, 0.3) is 12.2 Å². The zero-order chi connectivity index (χ0) is 61.9. The SMILES string of the molecule is C=C1CC2C/C=C\C(=O)OC3C(C)C(C/C=C\c4nc(co4)C4CC(O)CC(CC(C1)O2)O4)OC(/C(C)=C/c1cnc(CC2(OC)CC(OC)CC(C(/C=C(C)/C=C/C(C/C=C/Cl)OC)O[Si](c4ccccc4)(c4ccccc4)C(C)(C)C)O2)o1)C3C. The molecule has 17 heteroatoms. The van der Waals surface area contributed by atoms with Gasteiger partial charge in [-0.25, -0.2) is 14.8 Å². The Morgan fingerprint density at radius 1 is 0.908 bits per heavy atom. The lowest BCUT2D eigenvalue weighted by atomic mass is 9.79.